The molecular weight excluding hydrogens is 228 g/mol. The van der Waals surface area contributed by atoms with E-state index in [1.54, 1.807) is 0 Å². The lowest BCUT2D eigenvalue weighted by Gasteiger charge is -2.42. The molecule has 4 heteroatoms. The standard InChI is InChI=1S/C14H26N2O2/c1-10(11-2-3-11)13(16-15)12-4-6-18-14(8-12)5-7-17-9-14/h10-13,16H,2-9,15H2,1H3. The van der Waals surface area contributed by atoms with Gasteiger partial charge >= 0.3 is 0 Å². The number of rotatable bonds is 4. The zero-order valence-electron chi connectivity index (χ0n) is 11.4. The van der Waals surface area contributed by atoms with Crippen LogP contribution in [-0.2, 0) is 9.47 Å². The van der Waals surface area contributed by atoms with Crippen LogP contribution in [0.15, 0.2) is 0 Å². The van der Waals surface area contributed by atoms with E-state index < -0.39 is 0 Å². The summed E-state index contributed by atoms with van der Waals surface area (Å²) in [5.41, 5.74) is 3.10. The van der Waals surface area contributed by atoms with E-state index in [1.807, 2.05) is 0 Å². The molecule has 3 N–H and O–H groups in total. The van der Waals surface area contributed by atoms with E-state index in [9.17, 15) is 0 Å². The number of nitrogens with one attached hydrogen (secondary N) is 1. The van der Waals surface area contributed by atoms with E-state index >= 15 is 0 Å². The van der Waals surface area contributed by atoms with Crippen LogP contribution < -0.4 is 11.3 Å². The third-order valence-electron chi connectivity index (χ3n) is 5.23. The van der Waals surface area contributed by atoms with Crippen LogP contribution in [0.25, 0.3) is 0 Å². The van der Waals surface area contributed by atoms with Gasteiger partial charge in [-0.25, -0.2) is 0 Å². The predicted molar refractivity (Wildman–Crippen MR) is 69.8 cm³/mol. The van der Waals surface area contributed by atoms with Crippen molar-refractivity contribution < 1.29 is 9.47 Å². The maximum Gasteiger partial charge on any atom is 0.0939 e. The summed E-state index contributed by atoms with van der Waals surface area (Å²) in [7, 11) is 0. The van der Waals surface area contributed by atoms with Crippen LogP contribution >= 0.6 is 0 Å². The van der Waals surface area contributed by atoms with Gasteiger partial charge in [0.25, 0.3) is 0 Å². The van der Waals surface area contributed by atoms with Crippen molar-refractivity contribution in [1.82, 2.24) is 5.43 Å². The summed E-state index contributed by atoms with van der Waals surface area (Å²) in [6, 6.07) is 0.443. The van der Waals surface area contributed by atoms with Crippen LogP contribution in [0.2, 0.25) is 0 Å². The van der Waals surface area contributed by atoms with Gasteiger partial charge in [0.15, 0.2) is 0 Å². The van der Waals surface area contributed by atoms with Crippen molar-refractivity contribution in [3.05, 3.63) is 0 Å². The fourth-order valence-electron chi connectivity index (χ4n) is 3.87. The first-order valence-corrected chi connectivity index (χ1v) is 7.42. The minimum atomic E-state index is 0.00128. The Labute approximate surface area is 110 Å². The largest absolute Gasteiger partial charge is 0.378 e. The molecular formula is C14H26N2O2. The summed E-state index contributed by atoms with van der Waals surface area (Å²) >= 11 is 0. The van der Waals surface area contributed by atoms with Crippen LogP contribution in [0.5, 0.6) is 0 Å². The molecule has 3 aliphatic rings. The van der Waals surface area contributed by atoms with Gasteiger partial charge in [-0.15, -0.1) is 0 Å². The van der Waals surface area contributed by atoms with Gasteiger partial charge in [-0.2, -0.15) is 0 Å². The van der Waals surface area contributed by atoms with Gasteiger partial charge in [0.05, 0.1) is 12.2 Å². The average molecular weight is 254 g/mol. The Balaban J connectivity index is 1.66. The summed E-state index contributed by atoms with van der Waals surface area (Å²) < 4.78 is 11.6. The molecule has 0 radical (unpaired) electrons. The van der Waals surface area contributed by atoms with Gasteiger partial charge in [0, 0.05) is 25.7 Å². The molecule has 18 heavy (non-hydrogen) atoms. The van der Waals surface area contributed by atoms with Crippen molar-refractivity contribution in [2.75, 3.05) is 19.8 Å². The van der Waals surface area contributed by atoms with Gasteiger partial charge in [0.2, 0.25) is 0 Å². The first kappa shape index (κ1) is 12.9. The molecule has 3 fully saturated rings. The molecule has 3 rings (SSSR count). The fourth-order valence-corrected chi connectivity index (χ4v) is 3.87. The molecule has 1 spiro atoms. The van der Waals surface area contributed by atoms with Crippen molar-refractivity contribution >= 4 is 0 Å². The molecule has 0 amide bonds. The minimum Gasteiger partial charge on any atom is -0.378 e. The van der Waals surface area contributed by atoms with E-state index in [2.05, 4.69) is 12.3 Å². The van der Waals surface area contributed by atoms with Crippen LogP contribution in [0.1, 0.15) is 39.0 Å². The second kappa shape index (κ2) is 5.08. The Bertz CT molecular complexity index is 288. The van der Waals surface area contributed by atoms with E-state index in [0.29, 0.717) is 17.9 Å². The van der Waals surface area contributed by atoms with Crippen molar-refractivity contribution in [2.45, 2.75) is 50.7 Å². The molecule has 2 heterocycles. The summed E-state index contributed by atoms with van der Waals surface area (Å²) in [5.74, 6) is 8.06. The van der Waals surface area contributed by atoms with Gasteiger partial charge < -0.3 is 9.47 Å². The fraction of sp³-hybridized carbons (Fsp3) is 1.00. The number of hydrogen-bond donors (Lipinski definition) is 2. The number of hydrazine groups is 1. The molecule has 4 nitrogen and oxygen atoms in total. The first-order chi connectivity index (χ1) is 8.74. The smallest absolute Gasteiger partial charge is 0.0939 e. The lowest BCUT2D eigenvalue weighted by molar-refractivity contribution is -0.106. The molecule has 4 atom stereocenters. The van der Waals surface area contributed by atoms with Gasteiger partial charge in [-0.3, -0.25) is 11.3 Å². The van der Waals surface area contributed by atoms with Gasteiger partial charge in [-0.1, -0.05) is 6.92 Å². The van der Waals surface area contributed by atoms with Crippen molar-refractivity contribution in [3.8, 4) is 0 Å². The number of hydrogen-bond acceptors (Lipinski definition) is 4. The van der Waals surface area contributed by atoms with E-state index in [0.717, 1.165) is 45.0 Å². The van der Waals surface area contributed by atoms with E-state index in [4.69, 9.17) is 15.3 Å². The zero-order chi connectivity index (χ0) is 12.6. The second-order valence-electron chi connectivity index (χ2n) is 6.48. The maximum atomic E-state index is 6.01. The molecule has 4 unspecified atom stereocenters. The van der Waals surface area contributed by atoms with Crippen molar-refractivity contribution in [2.24, 2.45) is 23.6 Å². The highest BCUT2D eigenvalue weighted by atomic mass is 16.6. The highest BCUT2D eigenvalue weighted by Crippen LogP contribution is 2.43. The zero-order valence-corrected chi connectivity index (χ0v) is 11.4. The second-order valence-corrected chi connectivity index (χ2v) is 6.48. The average Bonchev–Trinajstić information content (AvgIpc) is 3.14. The molecule has 0 aromatic rings. The Morgan fingerprint density at radius 1 is 1.22 bits per heavy atom. The topological polar surface area (TPSA) is 56.5 Å². The summed E-state index contributed by atoms with van der Waals surface area (Å²) in [4.78, 5) is 0. The highest BCUT2D eigenvalue weighted by molar-refractivity contribution is 4.96. The summed E-state index contributed by atoms with van der Waals surface area (Å²) in [6.07, 6.45) is 6.07. The lowest BCUT2D eigenvalue weighted by Crippen LogP contribution is -2.52. The predicted octanol–water partition coefficient (Wildman–Crippen LogP) is 1.45. The molecule has 0 bridgehead atoms. The first-order valence-electron chi connectivity index (χ1n) is 7.42. The van der Waals surface area contributed by atoms with Gasteiger partial charge in [0.1, 0.15) is 0 Å². The van der Waals surface area contributed by atoms with Crippen LogP contribution in [0.3, 0.4) is 0 Å². The summed E-state index contributed by atoms with van der Waals surface area (Å²) in [6.45, 7) is 4.85. The number of nitrogens with two attached hydrogens (primary N) is 1. The Hall–Kier alpha value is -0.160. The summed E-state index contributed by atoms with van der Waals surface area (Å²) in [5, 5.41) is 0. The van der Waals surface area contributed by atoms with Crippen molar-refractivity contribution in [3.63, 3.8) is 0 Å². The normalized spacial score (nSPS) is 40.0. The molecule has 1 saturated carbocycles. The van der Waals surface area contributed by atoms with E-state index in [1.165, 1.54) is 12.8 Å². The lowest BCUT2D eigenvalue weighted by atomic mass is 9.76. The molecule has 0 aromatic carbocycles. The molecule has 104 valence electrons. The molecule has 0 aromatic heterocycles. The van der Waals surface area contributed by atoms with Gasteiger partial charge in [-0.05, 0) is 43.4 Å². The van der Waals surface area contributed by atoms with Crippen LogP contribution in [0, 0.1) is 17.8 Å². The number of ether oxygens (including phenoxy) is 2. The monoisotopic (exact) mass is 254 g/mol. The van der Waals surface area contributed by atoms with E-state index in [-0.39, 0.29) is 5.60 Å². The molecule has 2 saturated heterocycles. The Kier molecular flexibility index (Phi) is 3.63. The maximum absolute atomic E-state index is 6.01. The minimum absolute atomic E-state index is 0.00128. The van der Waals surface area contributed by atoms with Crippen LogP contribution in [0.4, 0.5) is 0 Å². The third-order valence-corrected chi connectivity index (χ3v) is 5.23. The van der Waals surface area contributed by atoms with Crippen molar-refractivity contribution in [1.29, 1.82) is 0 Å². The molecule has 1 aliphatic carbocycles. The SMILES string of the molecule is CC(C1CC1)C(NN)C1CCOC2(CCOC2)C1. The quantitative estimate of drug-likeness (QED) is 0.589. The Morgan fingerprint density at radius 3 is 2.67 bits per heavy atom. The highest BCUT2D eigenvalue weighted by Gasteiger charge is 2.45. The Morgan fingerprint density at radius 2 is 2.06 bits per heavy atom. The third kappa shape index (κ3) is 2.44. The van der Waals surface area contributed by atoms with Crippen LogP contribution in [-0.4, -0.2) is 31.5 Å². The molecule has 2 aliphatic heterocycles.